The minimum Gasteiger partial charge on any atom is -0.321 e. The molecular weight excluding hydrogens is 346 g/mol. The third-order valence-electron chi connectivity index (χ3n) is 2.61. The Morgan fingerprint density at radius 2 is 2.21 bits per heavy atom. The number of thiophene rings is 1. The Bertz CT molecular complexity index is 570. The number of nitrogens with one attached hydrogen (secondary N) is 1. The van der Waals surface area contributed by atoms with Gasteiger partial charge in [-0.25, -0.2) is 0 Å². The molecule has 1 amide bonds. The molecule has 1 aromatic heterocycles. The van der Waals surface area contributed by atoms with Crippen LogP contribution in [-0.2, 0) is 6.42 Å². The van der Waals surface area contributed by atoms with E-state index in [-0.39, 0.29) is 5.91 Å². The normalized spacial score (nSPS) is 10.4. The highest BCUT2D eigenvalue weighted by atomic mass is 79.9. The highest BCUT2D eigenvalue weighted by Crippen LogP contribution is 2.23. The van der Waals surface area contributed by atoms with Crippen molar-refractivity contribution in [2.24, 2.45) is 0 Å². The van der Waals surface area contributed by atoms with E-state index in [2.05, 4.69) is 27.3 Å². The van der Waals surface area contributed by atoms with Crippen molar-refractivity contribution in [2.75, 3.05) is 10.6 Å². The maximum absolute atomic E-state index is 12.0. The van der Waals surface area contributed by atoms with Crippen LogP contribution in [-0.4, -0.2) is 11.2 Å². The molecule has 2 nitrogen and oxygen atoms in total. The molecule has 0 aliphatic carbocycles. The SMILES string of the molecule is O=C(Nc1cccc(CCCBr)c1)c1sccc1Cl. The fourth-order valence-electron chi connectivity index (χ4n) is 1.72. The van der Waals surface area contributed by atoms with Crippen molar-refractivity contribution in [1.29, 1.82) is 0 Å². The molecule has 0 unspecified atom stereocenters. The number of carbonyl (C=O) groups is 1. The quantitative estimate of drug-likeness (QED) is 0.750. The fourth-order valence-corrected chi connectivity index (χ4v) is 3.04. The lowest BCUT2D eigenvalue weighted by Crippen LogP contribution is -2.10. The molecule has 2 aromatic rings. The van der Waals surface area contributed by atoms with Crippen LogP contribution in [0.1, 0.15) is 21.7 Å². The molecule has 100 valence electrons. The van der Waals surface area contributed by atoms with Gasteiger partial charge in [0.2, 0.25) is 0 Å². The van der Waals surface area contributed by atoms with Crippen LogP contribution in [0.4, 0.5) is 5.69 Å². The summed E-state index contributed by atoms with van der Waals surface area (Å²) in [4.78, 5) is 12.6. The molecule has 0 fully saturated rings. The van der Waals surface area contributed by atoms with E-state index in [1.165, 1.54) is 16.9 Å². The first kappa shape index (κ1) is 14.6. The first-order chi connectivity index (χ1) is 9.20. The van der Waals surface area contributed by atoms with Crippen LogP contribution in [0.2, 0.25) is 5.02 Å². The molecule has 0 atom stereocenters. The highest BCUT2D eigenvalue weighted by Gasteiger charge is 2.11. The van der Waals surface area contributed by atoms with Gasteiger partial charge >= 0.3 is 0 Å². The monoisotopic (exact) mass is 357 g/mol. The molecule has 1 heterocycles. The maximum Gasteiger partial charge on any atom is 0.267 e. The van der Waals surface area contributed by atoms with E-state index in [0.717, 1.165) is 23.9 Å². The van der Waals surface area contributed by atoms with Gasteiger partial charge in [0.05, 0.1) is 5.02 Å². The molecule has 1 aromatic carbocycles. The van der Waals surface area contributed by atoms with Gasteiger partial charge in [-0.3, -0.25) is 4.79 Å². The van der Waals surface area contributed by atoms with Gasteiger partial charge in [-0.1, -0.05) is 39.7 Å². The Balaban J connectivity index is 2.07. The predicted octanol–water partition coefficient (Wildman–Crippen LogP) is 4.98. The summed E-state index contributed by atoms with van der Waals surface area (Å²) in [5.74, 6) is -0.155. The molecule has 1 N–H and O–H groups in total. The summed E-state index contributed by atoms with van der Waals surface area (Å²) >= 11 is 10.7. The Morgan fingerprint density at radius 3 is 2.89 bits per heavy atom. The van der Waals surface area contributed by atoms with Crippen LogP contribution < -0.4 is 5.32 Å². The third-order valence-corrected chi connectivity index (χ3v) is 4.51. The summed E-state index contributed by atoms with van der Waals surface area (Å²) in [7, 11) is 0. The molecule has 0 bridgehead atoms. The Kier molecular flexibility index (Phi) is 5.43. The third kappa shape index (κ3) is 4.06. The van der Waals surface area contributed by atoms with Gasteiger partial charge in [-0.05, 0) is 42.0 Å². The molecule has 5 heteroatoms. The topological polar surface area (TPSA) is 29.1 Å². The summed E-state index contributed by atoms with van der Waals surface area (Å²) in [6.07, 6.45) is 2.07. The molecule has 0 saturated carbocycles. The van der Waals surface area contributed by atoms with Crippen molar-refractivity contribution in [1.82, 2.24) is 0 Å². The van der Waals surface area contributed by atoms with Crippen LogP contribution in [0.25, 0.3) is 0 Å². The van der Waals surface area contributed by atoms with E-state index in [0.29, 0.717) is 9.90 Å². The van der Waals surface area contributed by atoms with Gasteiger partial charge in [-0.15, -0.1) is 11.3 Å². The zero-order chi connectivity index (χ0) is 13.7. The number of hydrogen-bond acceptors (Lipinski definition) is 2. The zero-order valence-corrected chi connectivity index (χ0v) is 13.3. The largest absolute Gasteiger partial charge is 0.321 e. The van der Waals surface area contributed by atoms with Crippen molar-refractivity contribution in [3.8, 4) is 0 Å². The van der Waals surface area contributed by atoms with Gasteiger partial charge in [0.15, 0.2) is 0 Å². The molecule has 0 aliphatic rings. The van der Waals surface area contributed by atoms with Crippen LogP contribution in [0.15, 0.2) is 35.7 Å². The van der Waals surface area contributed by atoms with Crippen LogP contribution in [0.5, 0.6) is 0 Å². The fraction of sp³-hybridized carbons (Fsp3) is 0.214. The first-order valence-corrected chi connectivity index (χ1v) is 8.28. The number of carbonyl (C=O) groups excluding carboxylic acids is 1. The van der Waals surface area contributed by atoms with Crippen molar-refractivity contribution < 1.29 is 4.79 Å². The van der Waals surface area contributed by atoms with E-state index in [1.807, 2.05) is 23.6 Å². The van der Waals surface area contributed by atoms with Crippen molar-refractivity contribution in [3.05, 3.63) is 51.2 Å². The number of halogens is 2. The maximum atomic E-state index is 12.0. The minimum atomic E-state index is -0.155. The van der Waals surface area contributed by atoms with Crippen LogP contribution in [0.3, 0.4) is 0 Å². The van der Waals surface area contributed by atoms with Crippen LogP contribution in [0, 0.1) is 0 Å². The Hall–Kier alpha value is -0.840. The summed E-state index contributed by atoms with van der Waals surface area (Å²) in [5, 5.41) is 6.17. The number of hydrogen-bond donors (Lipinski definition) is 1. The summed E-state index contributed by atoms with van der Waals surface area (Å²) in [6.45, 7) is 0. The molecule has 2 rings (SSSR count). The number of rotatable bonds is 5. The summed E-state index contributed by atoms with van der Waals surface area (Å²) < 4.78 is 0. The van der Waals surface area contributed by atoms with E-state index < -0.39 is 0 Å². The Morgan fingerprint density at radius 1 is 1.37 bits per heavy atom. The number of benzene rings is 1. The van der Waals surface area contributed by atoms with E-state index >= 15 is 0 Å². The number of alkyl halides is 1. The van der Waals surface area contributed by atoms with Gasteiger partial charge in [-0.2, -0.15) is 0 Å². The first-order valence-electron chi connectivity index (χ1n) is 5.90. The molecule has 0 spiro atoms. The van der Waals surface area contributed by atoms with Gasteiger partial charge in [0, 0.05) is 11.0 Å². The van der Waals surface area contributed by atoms with Gasteiger partial charge in [0.25, 0.3) is 5.91 Å². The van der Waals surface area contributed by atoms with E-state index in [9.17, 15) is 4.79 Å². The molecule has 19 heavy (non-hydrogen) atoms. The molecule has 0 aliphatic heterocycles. The second-order valence-electron chi connectivity index (χ2n) is 4.04. The predicted molar refractivity (Wildman–Crippen MR) is 85.8 cm³/mol. The van der Waals surface area contributed by atoms with Crippen LogP contribution >= 0.6 is 38.9 Å². The van der Waals surface area contributed by atoms with Gasteiger partial charge < -0.3 is 5.32 Å². The molecule has 0 radical (unpaired) electrons. The number of amides is 1. The standard InChI is InChI=1S/C14H13BrClNOS/c15-7-2-4-10-3-1-5-11(9-10)17-14(18)13-12(16)6-8-19-13/h1,3,5-6,8-9H,2,4,7H2,(H,17,18). The number of aryl methyl sites for hydroxylation is 1. The number of anilines is 1. The molecule has 0 saturated heterocycles. The summed E-state index contributed by atoms with van der Waals surface area (Å²) in [6, 6.07) is 9.64. The second-order valence-corrected chi connectivity index (χ2v) is 6.16. The second kappa shape index (κ2) is 7.08. The molecular formula is C14H13BrClNOS. The van der Waals surface area contributed by atoms with Crippen molar-refractivity contribution in [2.45, 2.75) is 12.8 Å². The smallest absolute Gasteiger partial charge is 0.267 e. The Labute approximate surface area is 129 Å². The van der Waals surface area contributed by atoms with Crippen molar-refractivity contribution >= 4 is 50.5 Å². The minimum absolute atomic E-state index is 0.155. The van der Waals surface area contributed by atoms with E-state index in [4.69, 9.17) is 11.6 Å². The van der Waals surface area contributed by atoms with Crippen molar-refractivity contribution in [3.63, 3.8) is 0 Å². The zero-order valence-electron chi connectivity index (χ0n) is 10.2. The highest BCUT2D eigenvalue weighted by molar-refractivity contribution is 9.09. The van der Waals surface area contributed by atoms with Gasteiger partial charge in [0.1, 0.15) is 4.88 Å². The lowest BCUT2D eigenvalue weighted by Gasteiger charge is -2.06. The average molecular weight is 359 g/mol. The summed E-state index contributed by atoms with van der Waals surface area (Å²) in [5.41, 5.74) is 2.02. The average Bonchev–Trinajstić information content (AvgIpc) is 2.83. The lowest BCUT2D eigenvalue weighted by atomic mass is 10.1. The lowest BCUT2D eigenvalue weighted by molar-refractivity contribution is 0.103. The van der Waals surface area contributed by atoms with E-state index in [1.54, 1.807) is 6.07 Å².